The van der Waals surface area contributed by atoms with Gasteiger partial charge < -0.3 is 10.4 Å². The van der Waals surface area contributed by atoms with Crippen molar-refractivity contribution < 1.29 is 9.90 Å². The molecule has 0 aliphatic carbocycles. The summed E-state index contributed by atoms with van der Waals surface area (Å²) in [4.78, 5) is 19.9. The van der Waals surface area contributed by atoms with Gasteiger partial charge in [0, 0.05) is 6.07 Å². The van der Waals surface area contributed by atoms with E-state index in [1.54, 1.807) is 0 Å². The van der Waals surface area contributed by atoms with Crippen molar-refractivity contribution in [3.63, 3.8) is 0 Å². The van der Waals surface area contributed by atoms with Gasteiger partial charge in [-0.2, -0.15) is 14.6 Å². The van der Waals surface area contributed by atoms with Crippen molar-refractivity contribution in [2.75, 3.05) is 0 Å². The molecule has 7 heteroatoms. The van der Waals surface area contributed by atoms with Crippen molar-refractivity contribution >= 4 is 11.7 Å². The van der Waals surface area contributed by atoms with Gasteiger partial charge in [-0.15, -0.1) is 0 Å². The van der Waals surface area contributed by atoms with Gasteiger partial charge in [0.05, 0.1) is 18.7 Å². The van der Waals surface area contributed by atoms with E-state index in [0.29, 0.717) is 17.9 Å². The van der Waals surface area contributed by atoms with Gasteiger partial charge in [0.25, 0.3) is 5.78 Å². The van der Waals surface area contributed by atoms with Gasteiger partial charge in [0.1, 0.15) is 6.33 Å². The molecule has 1 aromatic carbocycles. The summed E-state index contributed by atoms with van der Waals surface area (Å²) in [5.41, 5.74) is 1.47. The monoisotopic (exact) mass is 283 g/mol. The Kier molecular flexibility index (Phi) is 3.46. The Balaban J connectivity index is 1.64. The minimum atomic E-state index is -0.108. The van der Waals surface area contributed by atoms with Gasteiger partial charge in [0.2, 0.25) is 11.8 Å². The Bertz CT molecular complexity index is 769. The first-order valence-corrected chi connectivity index (χ1v) is 6.41. The summed E-state index contributed by atoms with van der Waals surface area (Å²) in [6.45, 7) is 0.225. The van der Waals surface area contributed by atoms with Crippen LogP contribution in [0.1, 0.15) is 11.3 Å². The number of fused-ring (bicyclic) bond motifs is 1. The molecular formula is C14H13N5O2. The molecule has 0 saturated carbocycles. The first-order valence-electron chi connectivity index (χ1n) is 6.41. The SMILES string of the molecule is O=C(Cc1ccccc1)NCc1cc(O)n2ncnc2n1. The predicted molar refractivity (Wildman–Crippen MR) is 74.4 cm³/mol. The van der Waals surface area contributed by atoms with E-state index in [9.17, 15) is 9.90 Å². The molecule has 2 N–H and O–H groups in total. The summed E-state index contributed by atoms with van der Waals surface area (Å²) in [6, 6.07) is 10.9. The molecule has 0 bridgehead atoms. The first kappa shape index (κ1) is 13.0. The number of aromatic hydroxyl groups is 1. The lowest BCUT2D eigenvalue weighted by atomic mass is 10.1. The first-order chi connectivity index (χ1) is 10.2. The molecule has 0 aliphatic rings. The standard InChI is InChI=1S/C14H13N5O2/c20-12(6-10-4-2-1-3-5-10)15-8-11-7-13(21)19-14(18-11)16-9-17-19/h1-5,7,9,21H,6,8H2,(H,15,20). The molecule has 7 nitrogen and oxygen atoms in total. The highest BCUT2D eigenvalue weighted by Crippen LogP contribution is 2.10. The number of rotatable bonds is 4. The van der Waals surface area contributed by atoms with Crippen LogP contribution in [0.4, 0.5) is 0 Å². The molecule has 0 unspecified atom stereocenters. The fourth-order valence-corrected chi connectivity index (χ4v) is 1.97. The number of amides is 1. The Morgan fingerprint density at radius 3 is 2.90 bits per heavy atom. The van der Waals surface area contributed by atoms with Crippen LogP contribution < -0.4 is 5.32 Å². The van der Waals surface area contributed by atoms with E-state index in [1.807, 2.05) is 30.3 Å². The Morgan fingerprint density at radius 1 is 1.29 bits per heavy atom. The lowest BCUT2D eigenvalue weighted by molar-refractivity contribution is -0.120. The van der Waals surface area contributed by atoms with Crippen molar-refractivity contribution in [2.24, 2.45) is 0 Å². The maximum atomic E-state index is 11.8. The number of benzene rings is 1. The Morgan fingerprint density at radius 2 is 2.10 bits per heavy atom. The Labute approximate surface area is 120 Å². The largest absolute Gasteiger partial charge is 0.493 e. The van der Waals surface area contributed by atoms with E-state index in [0.717, 1.165) is 5.56 Å². The van der Waals surface area contributed by atoms with Crippen LogP contribution in [0, 0.1) is 0 Å². The molecular weight excluding hydrogens is 270 g/mol. The van der Waals surface area contributed by atoms with Crippen LogP contribution in [0.3, 0.4) is 0 Å². The van der Waals surface area contributed by atoms with Gasteiger partial charge in [-0.25, -0.2) is 4.98 Å². The zero-order chi connectivity index (χ0) is 14.7. The van der Waals surface area contributed by atoms with Crippen LogP contribution in [-0.4, -0.2) is 30.6 Å². The maximum Gasteiger partial charge on any atom is 0.255 e. The van der Waals surface area contributed by atoms with Crippen LogP contribution in [0.25, 0.3) is 5.78 Å². The molecule has 0 atom stereocenters. The molecule has 0 aliphatic heterocycles. The van der Waals surface area contributed by atoms with Gasteiger partial charge in [-0.3, -0.25) is 4.79 Å². The predicted octanol–water partition coefficient (Wildman–Crippen LogP) is 0.689. The zero-order valence-electron chi connectivity index (χ0n) is 11.1. The molecule has 3 rings (SSSR count). The van der Waals surface area contributed by atoms with E-state index < -0.39 is 0 Å². The molecule has 0 saturated heterocycles. The van der Waals surface area contributed by atoms with Crippen LogP contribution in [0.15, 0.2) is 42.7 Å². The van der Waals surface area contributed by atoms with E-state index >= 15 is 0 Å². The third kappa shape index (κ3) is 2.97. The number of aromatic nitrogens is 4. The molecule has 2 aromatic heterocycles. The van der Waals surface area contributed by atoms with Crippen molar-refractivity contribution in [2.45, 2.75) is 13.0 Å². The lowest BCUT2D eigenvalue weighted by Crippen LogP contribution is -2.25. The third-order valence-electron chi connectivity index (χ3n) is 2.96. The summed E-state index contributed by atoms with van der Waals surface area (Å²) in [6.07, 6.45) is 1.61. The van der Waals surface area contributed by atoms with Crippen molar-refractivity contribution in [1.82, 2.24) is 24.9 Å². The number of hydrogen-bond donors (Lipinski definition) is 2. The van der Waals surface area contributed by atoms with Crippen molar-refractivity contribution in [3.05, 3.63) is 54.0 Å². The highest BCUT2D eigenvalue weighted by molar-refractivity contribution is 5.78. The fourth-order valence-electron chi connectivity index (χ4n) is 1.97. The summed E-state index contributed by atoms with van der Waals surface area (Å²) >= 11 is 0. The van der Waals surface area contributed by atoms with E-state index in [-0.39, 0.29) is 18.3 Å². The van der Waals surface area contributed by atoms with Gasteiger partial charge in [-0.1, -0.05) is 30.3 Å². The summed E-state index contributed by atoms with van der Waals surface area (Å²) in [5.74, 6) is 0.121. The molecule has 1 amide bonds. The van der Waals surface area contributed by atoms with E-state index in [1.165, 1.54) is 16.9 Å². The molecule has 21 heavy (non-hydrogen) atoms. The smallest absolute Gasteiger partial charge is 0.255 e. The quantitative estimate of drug-likeness (QED) is 0.735. The van der Waals surface area contributed by atoms with E-state index in [2.05, 4.69) is 20.4 Å². The van der Waals surface area contributed by atoms with Crippen molar-refractivity contribution in [1.29, 1.82) is 0 Å². The second-order valence-corrected chi connectivity index (χ2v) is 4.52. The zero-order valence-corrected chi connectivity index (χ0v) is 11.1. The minimum absolute atomic E-state index is 0.0650. The normalized spacial score (nSPS) is 10.7. The summed E-state index contributed by atoms with van der Waals surface area (Å²) in [7, 11) is 0. The van der Waals surface area contributed by atoms with Crippen LogP contribution in [0.2, 0.25) is 0 Å². The van der Waals surface area contributed by atoms with Gasteiger partial charge in [-0.05, 0) is 5.56 Å². The topological polar surface area (TPSA) is 92.4 Å². The number of carbonyl (C=O) groups excluding carboxylic acids is 1. The summed E-state index contributed by atoms with van der Waals surface area (Å²) < 4.78 is 1.22. The lowest BCUT2D eigenvalue weighted by Gasteiger charge is -2.06. The highest BCUT2D eigenvalue weighted by atomic mass is 16.3. The van der Waals surface area contributed by atoms with Gasteiger partial charge in [0.15, 0.2) is 0 Å². The second kappa shape index (κ2) is 5.58. The summed E-state index contributed by atoms with van der Waals surface area (Å²) in [5, 5.41) is 16.3. The van der Waals surface area contributed by atoms with Gasteiger partial charge >= 0.3 is 0 Å². The molecule has 0 spiro atoms. The van der Waals surface area contributed by atoms with Crippen LogP contribution >= 0.6 is 0 Å². The minimum Gasteiger partial charge on any atom is -0.493 e. The number of hydrogen-bond acceptors (Lipinski definition) is 5. The molecule has 0 fully saturated rings. The van der Waals surface area contributed by atoms with Crippen LogP contribution in [0.5, 0.6) is 5.88 Å². The molecule has 2 heterocycles. The van der Waals surface area contributed by atoms with E-state index in [4.69, 9.17) is 0 Å². The average Bonchev–Trinajstić information content (AvgIpc) is 2.95. The molecule has 3 aromatic rings. The Hall–Kier alpha value is -2.96. The van der Waals surface area contributed by atoms with Crippen molar-refractivity contribution in [3.8, 4) is 5.88 Å². The molecule has 106 valence electrons. The maximum absolute atomic E-state index is 11.8. The number of nitrogens with one attached hydrogen (secondary N) is 1. The second-order valence-electron chi connectivity index (χ2n) is 4.52. The number of nitrogens with zero attached hydrogens (tertiary/aromatic N) is 4. The number of carbonyl (C=O) groups is 1. The molecule has 0 radical (unpaired) electrons. The van der Waals surface area contributed by atoms with Crippen LogP contribution in [-0.2, 0) is 17.8 Å². The highest BCUT2D eigenvalue weighted by Gasteiger charge is 2.08. The average molecular weight is 283 g/mol. The third-order valence-corrected chi connectivity index (χ3v) is 2.96. The fraction of sp³-hybridized carbons (Fsp3) is 0.143.